The molecule has 4 nitrogen and oxygen atoms in total. The van der Waals surface area contributed by atoms with Crippen molar-refractivity contribution in [1.29, 1.82) is 0 Å². The van der Waals surface area contributed by atoms with Gasteiger partial charge < -0.3 is 14.4 Å². The number of halogens is 1. The number of fused-ring (bicyclic) bond motifs is 1. The molecule has 0 aliphatic carbocycles. The molecule has 0 N–H and O–H groups in total. The third-order valence-electron chi connectivity index (χ3n) is 2.65. The fraction of sp³-hybridized carbons (Fsp3) is 0.364. The first-order chi connectivity index (χ1) is 7.74. The molecule has 3 rings (SSSR count). The molecule has 1 aromatic carbocycles. The number of carbonyl (C=O) groups excluding carboxylic acids is 1. The number of benzene rings is 1. The predicted octanol–water partition coefficient (Wildman–Crippen LogP) is 1.46. The maximum Gasteiger partial charge on any atom is 0.265 e. The molecule has 1 atom stereocenters. The Morgan fingerprint density at radius 1 is 1.50 bits per heavy atom. The van der Waals surface area contributed by atoms with E-state index < -0.39 is 0 Å². The van der Waals surface area contributed by atoms with Crippen molar-refractivity contribution in [1.82, 2.24) is 0 Å². The van der Waals surface area contributed by atoms with E-state index in [4.69, 9.17) is 21.1 Å². The molecule has 0 saturated carbocycles. The van der Waals surface area contributed by atoms with Crippen LogP contribution in [-0.2, 0) is 9.53 Å². The monoisotopic (exact) mass is 239 g/mol. The van der Waals surface area contributed by atoms with E-state index in [1.807, 2.05) is 0 Å². The number of rotatable bonds is 2. The molecule has 5 heteroatoms. The van der Waals surface area contributed by atoms with Crippen LogP contribution in [0.5, 0.6) is 5.75 Å². The Balaban J connectivity index is 1.96. The highest BCUT2D eigenvalue weighted by Gasteiger charge is 2.32. The second-order valence-electron chi connectivity index (χ2n) is 3.86. The van der Waals surface area contributed by atoms with Crippen molar-refractivity contribution in [3.63, 3.8) is 0 Å². The summed E-state index contributed by atoms with van der Waals surface area (Å²) in [5, 5.41) is 0.596. The molecule has 2 aliphatic heterocycles. The number of ether oxygens (including phenoxy) is 2. The molecule has 0 bridgehead atoms. The Morgan fingerprint density at radius 3 is 3.06 bits per heavy atom. The molecule has 0 radical (unpaired) electrons. The fourth-order valence-corrected chi connectivity index (χ4v) is 1.92. The molecule has 2 aliphatic rings. The average Bonchev–Trinajstić information content (AvgIpc) is 3.06. The first-order valence-electron chi connectivity index (χ1n) is 5.08. The number of nitrogens with zero attached hydrogens (tertiary/aromatic N) is 1. The van der Waals surface area contributed by atoms with Crippen molar-refractivity contribution in [2.45, 2.75) is 6.10 Å². The summed E-state index contributed by atoms with van der Waals surface area (Å²) in [5.74, 6) is 0.648. The summed E-state index contributed by atoms with van der Waals surface area (Å²) in [5.41, 5.74) is 0.735. The third-order valence-corrected chi connectivity index (χ3v) is 2.89. The lowest BCUT2D eigenvalue weighted by molar-refractivity contribution is -0.121. The molecule has 0 aromatic heterocycles. The molecule has 1 amide bonds. The van der Waals surface area contributed by atoms with Crippen molar-refractivity contribution in [3.05, 3.63) is 23.2 Å². The summed E-state index contributed by atoms with van der Waals surface area (Å²) < 4.78 is 10.5. The van der Waals surface area contributed by atoms with Crippen molar-refractivity contribution < 1.29 is 14.3 Å². The van der Waals surface area contributed by atoms with E-state index in [0.717, 1.165) is 12.3 Å². The lowest BCUT2D eigenvalue weighted by Crippen LogP contribution is -2.41. The summed E-state index contributed by atoms with van der Waals surface area (Å²) >= 11 is 5.92. The van der Waals surface area contributed by atoms with Gasteiger partial charge in [0, 0.05) is 5.02 Å². The second kappa shape index (κ2) is 3.64. The predicted molar refractivity (Wildman–Crippen MR) is 59.0 cm³/mol. The molecule has 0 spiro atoms. The zero-order chi connectivity index (χ0) is 11.1. The standard InChI is InChI=1S/C11H10ClNO3/c12-7-1-2-10-9(3-7)13(4-8-5-15-8)11(14)6-16-10/h1-3,8H,4-6H2. The minimum Gasteiger partial charge on any atom is -0.482 e. The van der Waals surface area contributed by atoms with E-state index in [0.29, 0.717) is 17.3 Å². The summed E-state index contributed by atoms with van der Waals surface area (Å²) in [6.45, 7) is 1.39. The van der Waals surface area contributed by atoms with Gasteiger partial charge in [-0.05, 0) is 18.2 Å². The lowest BCUT2D eigenvalue weighted by atomic mass is 10.2. The molecule has 84 valence electrons. The van der Waals surface area contributed by atoms with E-state index in [9.17, 15) is 4.79 Å². The molecule has 1 saturated heterocycles. The minimum absolute atomic E-state index is 0.0507. The maximum absolute atomic E-state index is 11.7. The van der Waals surface area contributed by atoms with E-state index >= 15 is 0 Å². The Kier molecular flexibility index (Phi) is 2.26. The Hall–Kier alpha value is -1.26. The van der Waals surface area contributed by atoms with Gasteiger partial charge >= 0.3 is 0 Å². The van der Waals surface area contributed by atoms with E-state index in [1.165, 1.54) is 0 Å². The van der Waals surface area contributed by atoms with Crippen LogP contribution in [0.4, 0.5) is 5.69 Å². The number of carbonyl (C=O) groups is 1. The van der Waals surface area contributed by atoms with Gasteiger partial charge in [0.2, 0.25) is 0 Å². The van der Waals surface area contributed by atoms with Gasteiger partial charge in [-0.1, -0.05) is 11.6 Å². The largest absolute Gasteiger partial charge is 0.482 e. The lowest BCUT2D eigenvalue weighted by Gasteiger charge is -2.28. The van der Waals surface area contributed by atoms with Gasteiger partial charge in [0.1, 0.15) is 5.75 Å². The quantitative estimate of drug-likeness (QED) is 0.734. The average molecular weight is 240 g/mol. The third kappa shape index (κ3) is 1.74. The van der Waals surface area contributed by atoms with Gasteiger partial charge in [-0.25, -0.2) is 0 Å². The fourth-order valence-electron chi connectivity index (χ4n) is 1.75. The molecule has 16 heavy (non-hydrogen) atoms. The number of epoxide rings is 1. The van der Waals surface area contributed by atoms with Crippen LogP contribution >= 0.6 is 11.6 Å². The highest BCUT2D eigenvalue weighted by molar-refractivity contribution is 6.31. The maximum atomic E-state index is 11.7. The number of anilines is 1. The summed E-state index contributed by atoms with van der Waals surface area (Å²) in [6.07, 6.45) is 0.161. The van der Waals surface area contributed by atoms with E-state index in [-0.39, 0.29) is 18.6 Å². The van der Waals surface area contributed by atoms with E-state index in [2.05, 4.69) is 0 Å². The number of amides is 1. The van der Waals surface area contributed by atoms with Crippen LogP contribution in [0.25, 0.3) is 0 Å². The summed E-state index contributed by atoms with van der Waals surface area (Å²) in [6, 6.07) is 5.28. The molecule has 1 unspecified atom stereocenters. The zero-order valence-electron chi connectivity index (χ0n) is 8.48. The van der Waals surface area contributed by atoms with Crippen molar-refractivity contribution in [3.8, 4) is 5.75 Å². The molecule has 1 fully saturated rings. The smallest absolute Gasteiger partial charge is 0.265 e. The summed E-state index contributed by atoms with van der Waals surface area (Å²) in [7, 11) is 0. The minimum atomic E-state index is -0.0507. The molecular formula is C11H10ClNO3. The Bertz CT molecular complexity index is 445. The highest BCUT2D eigenvalue weighted by Crippen LogP contribution is 2.35. The first-order valence-corrected chi connectivity index (χ1v) is 5.46. The molecule has 1 aromatic rings. The SMILES string of the molecule is O=C1COc2ccc(Cl)cc2N1CC1CO1. The summed E-state index contributed by atoms with van der Waals surface area (Å²) in [4.78, 5) is 13.4. The van der Waals surface area contributed by atoms with Crippen molar-refractivity contribution in [2.24, 2.45) is 0 Å². The highest BCUT2D eigenvalue weighted by atomic mass is 35.5. The van der Waals surface area contributed by atoms with Crippen LogP contribution < -0.4 is 9.64 Å². The van der Waals surface area contributed by atoms with Crippen molar-refractivity contribution >= 4 is 23.2 Å². The van der Waals surface area contributed by atoms with Crippen LogP contribution in [0.15, 0.2) is 18.2 Å². The van der Waals surface area contributed by atoms with Crippen molar-refractivity contribution in [2.75, 3.05) is 24.7 Å². The zero-order valence-corrected chi connectivity index (χ0v) is 9.24. The van der Waals surface area contributed by atoms with Gasteiger partial charge in [0.25, 0.3) is 5.91 Å². The van der Waals surface area contributed by atoms with Gasteiger partial charge in [-0.3, -0.25) is 4.79 Å². The topological polar surface area (TPSA) is 42.1 Å². The van der Waals surface area contributed by atoms with Crippen LogP contribution in [0, 0.1) is 0 Å². The van der Waals surface area contributed by atoms with Gasteiger partial charge in [0.15, 0.2) is 6.61 Å². The van der Waals surface area contributed by atoms with Crippen LogP contribution in [0.1, 0.15) is 0 Å². The number of hydrogen-bond acceptors (Lipinski definition) is 3. The first kappa shape index (κ1) is 9.93. The van der Waals surface area contributed by atoms with Gasteiger partial charge in [0.05, 0.1) is 24.9 Å². The van der Waals surface area contributed by atoms with Crippen LogP contribution in [0.3, 0.4) is 0 Å². The molecule has 2 heterocycles. The number of hydrogen-bond donors (Lipinski definition) is 0. The Morgan fingerprint density at radius 2 is 2.31 bits per heavy atom. The van der Waals surface area contributed by atoms with Gasteiger partial charge in [-0.15, -0.1) is 0 Å². The normalized spacial score (nSPS) is 22.7. The molecular weight excluding hydrogens is 230 g/mol. The van der Waals surface area contributed by atoms with Crippen LogP contribution in [0.2, 0.25) is 5.02 Å². The van der Waals surface area contributed by atoms with E-state index in [1.54, 1.807) is 23.1 Å². The van der Waals surface area contributed by atoms with Gasteiger partial charge in [-0.2, -0.15) is 0 Å². The van der Waals surface area contributed by atoms with Crippen LogP contribution in [-0.4, -0.2) is 31.8 Å². The Labute approximate surface area is 97.7 Å². The second-order valence-corrected chi connectivity index (χ2v) is 4.30.